The first kappa shape index (κ1) is 15.4. The van der Waals surface area contributed by atoms with Crippen molar-refractivity contribution in [1.82, 2.24) is 0 Å². The van der Waals surface area contributed by atoms with Gasteiger partial charge in [-0.3, -0.25) is 0 Å². The molecule has 0 aliphatic heterocycles. The molecule has 0 aromatic heterocycles. The molecule has 0 amide bonds. The first-order chi connectivity index (χ1) is 9.95. The lowest BCUT2D eigenvalue weighted by atomic mass is 10.1. The lowest BCUT2D eigenvalue weighted by Crippen LogP contribution is -2.09. The van der Waals surface area contributed by atoms with Gasteiger partial charge in [0.25, 0.3) is 0 Å². The predicted molar refractivity (Wildman–Crippen MR) is 75.2 cm³/mol. The maximum absolute atomic E-state index is 13.1. The highest BCUT2D eigenvalue weighted by Crippen LogP contribution is 2.39. The van der Waals surface area contributed by atoms with Crippen molar-refractivity contribution in [1.29, 1.82) is 0 Å². The molecule has 0 unspecified atom stereocenters. The molecule has 0 saturated carbocycles. The second kappa shape index (κ2) is 6.18. The average Bonchev–Trinajstić information content (AvgIpc) is 2.47. The van der Waals surface area contributed by atoms with Crippen molar-refractivity contribution in [2.75, 3.05) is 0 Å². The van der Waals surface area contributed by atoms with Crippen LogP contribution < -0.4 is 10.5 Å². The Morgan fingerprint density at radius 2 is 1.76 bits per heavy atom. The van der Waals surface area contributed by atoms with Crippen molar-refractivity contribution in [3.63, 3.8) is 0 Å². The molecule has 5 heteroatoms. The molecule has 0 heterocycles. The molecule has 0 atom stereocenters. The third kappa shape index (κ3) is 3.55. The van der Waals surface area contributed by atoms with Gasteiger partial charge in [-0.15, -0.1) is 0 Å². The predicted octanol–water partition coefficient (Wildman–Crippen LogP) is 4.52. The highest BCUT2D eigenvalue weighted by atomic mass is 19.4. The number of halogens is 3. The van der Waals surface area contributed by atoms with Crippen LogP contribution >= 0.6 is 0 Å². The Hall–Kier alpha value is -2.01. The minimum Gasteiger partial charge on any atom is -0.456 e. The Morgan fingerprint density at radius 3 is 2.38 bits per heavy atom. The fourth-order valence-electron chi connectivity index (χ4n) is 2.03. The van der Waals surface area contributed by atoms with Crippen molar-refractivity contribution in [3.05, 3.63) is 59.2 Å². The summed E-state index contributed by atoms with van der Waals surface area (Å²) in [6.45, 7) is 1.97. The van der Waals surface area contributed by atoms with Crippen LogP contribution in [0.5, 0.6) is 11.5 Å². The summed E-state index contributed by atoms with van der Waals surface area (Å²) in [6.07, 6.45) is -3.81. The zero-order valence-electron chi connectivity index (χ0n) is 11.6. The van der Waals surface area contributed by atoms with E-state index >= 15 is 0 Å². The highest BCUT2D eigenvalue weighted by Gasteiger charge is 2.34. The van der Waals surface area contributed by atoms with Gasteiger partial charge in [-0.2, -0.15) is 13.2 Å². The second-order valence-electron chi connectivity index (χ2n) is 4.60. The number of benzene rings is 2. The molecule has 2 aromatic rings. The molecule has 2 rings (SSSR count). The summed E-state index contributed by atoms with van der Waals surface area (Å²) in [4.78, 5) is 0. The van der Waals surface area contributed by atoms with Gasteiger partial charge in [-0.05, 0) is 35.7 Å². The molecule has 0 aliphatic rings. The maximum Gasteiger partial charge on any atom is 0.419 e. The fourth-order valence-corrected chi connectivity index (χ4v) is 2.03. The Morgan fingerprint density at radius 1 is 1.05 bits per heavy atom. The molecular formula is C16H16F3NO. The van der Waals surface area contributed by atoms with Crippen molar-refractivity contribution in [2.45, 2.75) is 26.1 Å². The SMILES string of the molecule is CCc1ccccc1Oc1ccc(CN)cc1C(F)(F)F. The number of nitrogens with two attached hydrogens (primary N) is 1. The average molecular weight is 295 g/mol. The van der Waals surface area contributed by atoms with Gasteiger partial charge in [-0.25, -0.2) is 0 Å². The summed E-state index contributed by atoms with van der Waals surface area (Å²) in [5, 5.41) is 0. The molecule has 2 N–H and O–H groups in total. The Kier molecular flexibility index (Phi) is 4.53. The number of aryl methyl sites for hydroxylation is 1. The van der Waals surface area contributed by atoms with Crippen LogP contribution in [0.25, 0.3) is 0 Å². The van der Waals surface area contributed by atoms with Crippen molar-refractivity contribution < 1.29 is 17.9 Å². The van der Waals surface area contributed by atoms with E-state index in [1.54, 1.807) is 18.2 Å². The Labute approximate surface area is 121 Å². The van der Waals surface area contributed by atoms with Gasteiger partial charge in [0.1, 0.15) is 11.5 Å². The molecule has 0 fully saturated rings. The number of ether oxygens (including phenoxy) is 1. The molecule has 0 radical (unpaired) electrons. The third-order valence-corrected chi connectivity index (χ3v) is 3.16. The van der Waals surface area contributed by atoms with Gasteiger partial charge in [0.2, 0.25) is 0 Å². The molecule has 21 heavy (non-hydrogen) atoms. The summed E-state index contributed by atoms with van der Waals surface area (Å²) in [5.41, 5.74) is 5.86. The normalized spacial score (nSPS) is 11.5. The fraction of sp³-hybridized carbons (Fsp3) is 0.250. The number of para-hydroxylation sites is 1. The molecule has 0 saturated heterocycles. The van der Waals surface area contributed by atoms with E-state index in [9.17, 15) is 13.2 Å². The van der Waals surface area contributed by atoms with E-state index in [1.807, 2.05) is 19.1 Å². The lowest BCUT2D eigenvalue weighted by Gasteiger charge is -2.16. The van der Waals surface area contributed by atoms with Crippen molar-refractivity contribution in [3.8, 4) is 11.5 Å². The Balaban J connectivity index is 2.44. The first-order valence-electron chi connectivity index (χ1n) is 6.61. The van der Waals surface area contributed by atoms with Crippen LogP contribution in [-0.4, -0.2) is 0 Å². The monoisotopic (exact) mass is 295 g/mol. The van der Waals surface area contributed by atoms with Gasteiger partial charge in [-0.1, -0.05) is 31.2 Å². The van der Waals surface area contributed by atoms with E-state index in [0.717, 1.165) is 11.6 Å². The molecule has 2 nitrogen and oxygen atoms in total. The smallest absolute Gasteiger partial charge is 0.419 e. The summed E-state index contributed by atoms with van der Waals surface area (Å²) in [7, 11) is 0. The van der Waals surface area contributed by atoms with Crippen LogP contribution in [0.4, 0.5) is 13.2 Å². The van der Waals surface area contributed by atoms with Gasteiger partial charge in [0, 0.05) is 6.54 Å². The van der Waals surface area contributed by atoms with Crippen LogP contribution in [-0.2, 0) is 19.1 Å². The van der Waals surface area contributed by atoms with E-state index in [1.165, 1.54) is 6.07 Å². The topological polar surface area (TPSA) is 35.2 Å². The van der Waals surface area contributed by atoms with E-state index < -0.39 is 11.7 Å². The zero-order valence-corrected chi connectivity index (χ0v) is 11.6. The molecular weight excluding hydrogens is 279 g/mol. The summed E-state index contributed by atoms with van der Waals surface area (Å²) in [5.74, 6) is 0.228. The minimum absolute atomic E-state index is 0.0505. The van der Waals surface area contributed by atoms with Crippen LogP contribution in [0.1, 0.15) is 23.6 Å². The lowest BCUT2D eigenvalue weighted by molar-refractivity contribution is -0.138. The molecule has 2 aromatic carbocycles. The third-order valence-electron chi connectivity index (χ3n) is 3.16. The number of hydrogen-bond acceptors (Lipinski definition) is 2. The minimum atomic E-state index is -4.48. The molecule has 0 spiro atoms. The second-order valence-corrected chi connectivity index (χ2v) is 4.60. The van der Waals surface area contributed by atoms with Crippen molar-refractivity contribution in [2.24, 2.45) is 5.73 Å². The molecule has 0 bridgehead atoms. The molecule has 0 aliphatic carbocycles. The summed E-state index contributed by atoms with van der Waals surface area (Å²) < 4.78 is 44.9. The number of rotatable bonds is 4. The van der Waals surface area contributed by atoms with Crippen LogP contribution in [0.3, 0.4) is 0 Å². The van der Waals surface area contributed by atoms with E-state index in [0.29, 0.717) is 17.7 Å². The quantitative estimate of drug-likeness (QED) is 0.900. The van der Waals surface area contributed by atoms with E-state index in [4.69, 9.17) is 10.5 Å². The number of alkyl halides is 3. The van der Waals surface area contributed by atoms with Gasteiger partial charge < -0.3 is 10.5 Å². The first-order valence-corrected chi connectivity index (χ1v) is 6.61. The standard InChI is InChI=1S/C16H16F3NO/c1-2-12-5-3-4-6-14(12)21-15-8-7-11(10-20)9-13(15)16(17,18)19/h3-9H,2,10,20H2,1H3. The van der Waals surface area contributed by atoms with Crippen LogP contribution in [0.2, 0.25) is 0 Å². The summed E-state index contributed by atoms with van der Waals surface area (Å²) in [6, 6.07) is 10.9. The maximum atomic E-state index is 13.1. The van der Waals surface area contributed by atoms with Crippen molar-refractivity contribution >= 4 is 0 Å². The van der Waals surface area contributed by atoms with Gasteiger partial charge in [0.15, 0.2) is 0 Å². The highest BCUT2D eigenvalue weighted by molar-refractivity contribution is 5.44. The van der Waals surface area contributed by atoms with Gasteiger partial charge in [0.05, 0.1) is 5.56 Å². The van der Waals surface area contributed by atoms with E-state index in [2.05, 4.69) is 0 Å². The Bertz CT molecular complexity index is 623. The van der Waals surface area contributed by atoms with Crippen LogP contribution in [0.15, 0.2) is 42.5 Å². The van der Waals surface area contributed by atoms with Crippen LogP contribution in [0, 0.1) is 0 Å². The molecule has 112 valence electrons. The summed E-state index contributed by atoms with van der Waals surface area (Å²) >= 11 is 0. The number of hydrogen-bond donors (Lipinski definition) is 1. The largest absolute Gasteiger partial charge is 0.456 e. The van der Waals surface area contributed by atoms with E-state index in [-0.39, 0.29) is 12.3 Å². The zero-order chi connectivity index (χ0) is 15.5. The van der Waals surface area contributed by atoms with Gasteiger partial charge >= 0.3 is 6.18 Å².